The lowest BCUT2D eigenvalue weighted by Crippen LogP contribution is -2.35. The van der Waals surface area contributed by atoms with Gasteiger partial charge in [-0.15, -0.1) is 10.2 Å². The Morgan fingerprint density at radius 2 is 1.89 bits per heavy atom. The summed E-state index contributed by atoms with van der Waals surface area (Å²) in [6.45, 7) is 3.68. The van der Waals surface area contributed by atoms with E-state index in [0.29, 0.717) is 23.4 Å². The topological polar surface area (TPSA) is 151 Å². The number of pyridine rings is 1. The van der Waals surface area contributed by atoms with Crippen molar-refractivity contribution in [2.75, 3.05) is 0 Å². The highest BCUT2D eigenvalue weighted by molar-refractivity contribution is 5.96. The highest BCUT2D eigenvalue weighted by Crippen LogP contribution is 2.27. The van der Waals surface area contributed by atoms with Gasteiger partial charge in [-0.2, -0.15) is 5.10 Å². The number of benzene rings is 1. The van der Waals surface area contributed by atoms with Crippen LogP contribution in [0.1, 0.15) is 47.4 Å². The molecular weight excluding hydrogens is 472 g/mol. The minimum Gasteiger partial charge on any atom is -0.443 e. The monoisotopic (exact) mass is 498 g/mol. The average molecular weight is 499 g/mol. The second-order valence-electron chi connectivity index (χ2n) is 9.07. The molecule has 0 bridgehead atoms. The van der Waals surface area contributed by atoms with Crippen LogP contribution in [0, 0.1) is 0 Å². The van der Waals surface area contributed by atoms with Crippen LogP contribution in [0.4, 0.5) is 0 Å². The van der Waals surface area contributed by atoms with Crippen molar-refractivity contribution in [2.24, 2.45) is 12.8 Å². The van der Waals surface area contributed by atoms with E-state index in [4.69, 9.17) is 14.6 Å². The molecule has 2 atom stereocenters. The summed E-state index contributed by atoms with van der Waals surface area (Å²) in [5.74, 6) is 0.299. The number of hydrogen-bond acceptors (Lipinski definition) is 9. The van der Waals surface area contributed by atoms with Gasteiger partial charge in [0, 0.05) is 18.8 Å². The maximum atomic E-state index is 13.2. The van der Waals surface area contributed by atoms with Crippen LogP contribution in [0.15, 0.2) is 76.0 Å². The van der Waals surface area contributed by atoms with Crippen LogP contribution >= 0.6 is 0 Å². The Balaban J connectivity index is 1.46. The lowest BCUT2D eigenvalue weighted by atomic mass is 9.94. The van der Waals surface area contributed by atoms with Gasteiger partial charge in [0.25, 0.3) is 11.8 Å². The van der Waals surface area contributed by atoms with Crippen molar-refractivity contribution in [1.82, 2.24) is 35.3 Å². The number of nitrogens with zero attached hydrogens (tertiary/aromatic N) is 6. The van der Waals surface area contributed by atoms with E-state index >= 15 is 0 Å². The van der Waals surface area contributed by atoms with Gasteiger partial charge in [0.15, 0.2) is 0 Å². The van der Waals surface area contributed by atoms with E-state index in [9.17, 15) is 4.79 Å². The van der Waals surface area contributed by atoms with Crippen molar-refractivity contribution < 1.29 is 13.6 Å². The number of nitrogens with two attached hydrogens (primary N) is 1. The number of nitrogens with one attached hydrogen (secondary N) is 1. The van der Waals surface area contributed by atoms with Gasteiger partial charge < -0.3 is 19.9 Å². The molecule has 1 unspecified atom stereocenters. The van der Waals surface area contributed by atoms with Crippen molar-refractivity contribution >= 4 is 5.91 Å². The fourth-order valence-corrected chi connectivity index (χ4v) is 3.90. The van der Waals surface area contributed by atoms with Crippen LogP contribution in [-0.2, 0) is 19.0 Å². The number of aromatic nitrogens is 6. The third kappa shape index (κ3) is 5.31. The molecule has 4 aromatic heterocycles. The predicted octanol–water partition coefficient (Wildman–Crippen LogP) is 3.43. The Labute approximate surface area is 212 Å². The predicted molar refractivity (Wildman–Crippen MR) is 134 cm³/mol. The maximum absolute atomic E-state index is 13.2. The third-order valence-electron chi connectivity index (χ3n) is 5.81. The SMILES string of the molecule is CC(NC(=O)c1cc(-c2ncco2)nc(-c2nnc([C@](C)(N)Cc3ccccc3)o2)c1)c1ccn(C)n1. The normalized spacial score (nSPS) is 13.7. The molecule has 1 amide bonds. The molecule has 0 aliphatic rings. The standard InChI is InChI=1S/C26H26N8O3/c1-16(19-9-11-34(3)33-19)29-22(35)18-13-20(23-28-10-12-36-23)30-21(14-18)24-31-32-25(37-24)26(2,27)15-17-7-5-4-6-8-17/h4-14,16H,15,27H2,1-3H3,(H,29,35)/t16?,26-/m1/s1. The lowest BCUT2D eigenvalue weighted by molar-refractivity contribution is 0.0939. The van der Waals surface area contributed by atoms with E-state index in [1.807, 2.05) is 63.5 Å². The number of amides is 1. The number of aryl methyl sites for hydroxylation is 1. The highest BCUT2D eigenvalue weighted by Gasteiger charge is 2.29. The van der Waals surface area contributed by atoms with Crippen LogP contribution in [0.3, 0.4) is 0 Å². The molecule has 0 aliphatic heterocycles. The zero-order valence-corrected chi connectivity index (χ0v) is 20.6. The zero-order valence-electron chi connectivity index (χ0n) is 20.6. The van der Waals surface area contributed by atoms with Gasteiger partial charge in [0.1, 0.15) is 17.7 Å². The van der Waals surface area contributed by atoms with Crippen LogP contribution in [-0.4, -0.2) is 35.9 Å². The van der Waals surface area contributed by atoms with E-state index in [2.05, 4.69) is 30.6 Å². The van der Waals surface area contributed by atoms with Crippen molar-refractivity contribution in [3.63, 3.8) is 0 Å². The zero-order chi connectivity index (χ0) is 26.0. The molecule has 37 heavy (non-hydrogen) atoms. The average Bonchev–Trinajstić information content (AvgIpc) is 3.66. The number of carbonyl (C=O) groups is 1. The molecule has 11 nitrogen and oxygen atoms in total. The van der Waals surface area contributed by atoms with Gasteiger partial charge >= 0.3 is 0 Å². The molecule has 4 heterocycles. The second kappa shape index (κ2) is 9.78. The van der Waals surface area contributed by atoms with Crippen LogP contribution < -0.4 is 11.1 Å². The smallest absolute Gasteiger partial charge is 0.266 e. The van der Waals surface area contributed by atoms with E-state index in [1.54, 1.807) is 16.8 Å². The molecule has 0 radical (unpaired) electrons. The summed E-state index contributed by atoms with van der Waals surface area (Å²) in [4.78, 5) is 21.9. The molecule has 3 N–H and O–H groups in total. The fraction of sp³-hybridized carbons (Fsp3) is 0.231. The number of carbonyl (C=O) groups excluding carboxylic acids is 1. The number of hydrogen-bond donors (Lipinski definition) is 2. The second-order valence-corrected chi connectivity index (χ2v) is 9.07. The quantitative estimate of drug-likeness (QED) is 0.328. The van der Waals surface area contributed by atoms with Crippen molar-refractivity contribution in [3.8, 4) is 23.2 Å². The van der Waals surface area contributed by atoms with Crippen LogP contribution in [0.25, 0.3) is 23.2 Å². The largest absolute Gasteiger partial charge is 0.443 e. The summed E-state index contributed by atoms with van der Waals surface area (Å²) in [7, 11) is 1.82. The minimum absolute atomic E-state index is 0.125. The van der Waals surface area contributed by atoms with E-state index in [0.717, 1.165) is 11.3 Å². The molecule has 0 saturated carbocycles. The molecule has 5 rings (SSSR count). The Bertz CT molecular complexity index is 1510. The van der Waals surface area contributed by atoms with Gasteiger partial charge in [-0.3, -0.25) is 9.48 Å². The summed E-state index contributed by atoms with van der Waals surface area (Å²) in [5, 5.41) is 15.7. The van der Waals surface area contributed by atoms with E-state index < -0.39 is 5.54 Å². The first-order chi connectivity index (χ1) is 17.8. The van der Waals surface area contributed by atoms with Crippen LogP contribution in [0.2, 0.25) is 0 Å². The van der Waals surface area contributed by atoms with Gasteiger partial charge in [-0.25, -0.2) is 9.97 Å². The van der Waals surface area contributed by atoms with Gasteiger partial charge in [-0.1, -0.05) is 30.3 Å². The van der Waals surface area contributed by atoms with Gasteiger partial charge in [-0.05, 0) is 44.0 Å². The molecule has 0 spiro atoms. The molecular formula is C26H26N8O3. The fourth-order valence-electron chi connectivity index (χ4n) is 3.90. The summed E-state index contributed by atoms with van der Waals surface area (Å²) in [5.41, 5.74) is 8.37. The molecule has 0 fully saturated rings. The number of rotatable bonds is 8. The van der Waals surface area contributed by atoms with Crippen LogP contribution in [0.5, 0.6) is 0 Å². The lowest BCUT2D eigenvalue weighted by Gasteiger charge is -2.20. The molecule has 0 aliphatic carbocycles. The first-order valence-corrected chi connectivity index (χ1v) is 11.7. The first kappa shape index (κ1) is 24.1. The van der Waals surface area contributed by atoms with Crippen molar-refractivity contribution in [1.29, 1.82) is 0 Å². The molecule has 1 aromatic carbocycles. The van der Waals surface area contributed by atoms with Crippen molar-refractivity contribution in [2.45, 2.75) is 31.8 Å². The summed E-state index contributed by atoms with van der Waals surface area (Å²) in [6, 6.07) is 14.5. The van der Waals surface area contributed by atoms with Gasteiger partial charge in [0.05, 0.1) is 23.5 Å². The Hall–Kier alpha value is -4.64. The maximum Gasteiger partial charge on any atom is 0.266 e. The molecule has 188 valence electrons. The van der Waals surface area contributed by atoms with E-state index in [-0.39, 0.29) is 29.6 Å². The molecule has 5 aromatic rings. The Morgan fingerprint density at radius 1 is 1.14 bits per heavy atom. The first-order valence-electron chi connectivity index (χ1n) is 11.7. The van der Waals surface area contributed by atoms with Gasteiger partial charge in [0.2, 0.25) is 11.8 Å². The minimum atomic E-state index is -0.912. The Kier molecular flexibility index (Phi) is 6.36. The summed E-state index contributed by atoms with van der Waals surface area (Å²) in [6.07, 6.45) is 5.25. The highest BCUT2D eigenvalue weighted by atomic mass is 16.4. The summed E-state index contributed by atoms with van der Waals surface area (Å²) >= 11 is 0. The molecule has 11 heteroatoms. The third-order valence-corrected chi connectivity index (χ3v) is 5.81. The molecule has 0 saturated heterocycles. The Morgan fingerprint density at radius 3 is 2.57 bits per heavy atom. The summed E-state index contributed by atoms with van der Waals surface area (Å²) < 4.78 is 13.1. The van der Waals surface area contributed by atoms with Crippen molar-refractivity contribution in [3.05, 3.63) is 89.9 Å². The van der Waals surface area contributed by atoms with E-state index in [1.165, 1.54) is 12.5 Å². The number of oxazole rings is 1.